The van der Waals surface area contributed by atoms with Crippen LogP contribution in [0.25, 0.3) is 0 Å². The molecular weight excluding hydrogens is 214 g/mol. The van der Waals surface area contributed by atoms with Gasteiger partial charge in [-0.05, 0) is 6.92 Å². The van der Waals surface area contributed by atoms with E-state index in [9.17, 15) is 4.79 Å². The van der Waals surface area contributed by atoms with Gasteiger partial charge in [0.15, 0.2) is 0 Å². The first kappa shape index (κ1) is 12.0. The number of hydrogen-bond donors (Lipinski definition) is 1. The maximum absolute atomic E-state index is 11.1. The van der Waals surface area contributed by atoms with Gasteiger partial charge in [0.2, 0.25) is 17.7 Å². The normalized spacial score (nSPS) is 9.44. The molecule has 0 saturated carbocycles. The van der Waals surface area contributed by atoms with Crippen LogP contribution in [-0.4, -0.2) is 36.9 Å². The van der Waals surface area contributed by atoms with E-state index in [0.29, 0.717) is 11.8 Å². The van der Waals surface area contributed by atoms with Crippen molar-refractivity contribution in [2.75, 3.05) is 26.1 Å². The average molecular weight is 227 g/mol. The van der Waals surface area contributed by atoms with Crippen molar-refractivity contribution in [3.8, 4) is 11.8 Å². The van der Waals surface area contributed by atoms with E-state index in [-0.39, 0.29) is 12.6 Å². The molecule has 1 aromatic heterocycles. The van der Waals surface area contributed by atoms with Crippen LogP contribution in [0.4, 0.5) is 10.7 Å². The number of rotatable bonds is 4. The molecule has 0 radical (unpaired) electrons. The van der Waals surface area contributed by atoms with Crippen molar-refractivity contribution in [1.29, 1.82) is 0 Å². The maximum atomic E-state index is 11.1. The first-order valence-electron chi connectivity index (χ1n) is 4.60. The number of carbonyl (C=O) groups is 1. The first-order valence-corrected chi connectivity index (χ1v) is 4.60. The van der Waals surface area contributed by atoms with Gasteiger partial charge in [-0.15, -0.1) is 0 Å². The lowest BCUT2D eigenvalue weighted by molar-refractivity contribution is 0.167. The van der Waals surface area contributed by atoms with Crippen molar-refractivity contribution in [2.24, 2.45) is 0 Å². The summed E-state index contributed by atoms with van der Waals surface area (Å²) < 4.78 is 14.5. The molecule has 1 rings (SSSR count). The summed E-state index contributed by atoms with van der Waals surface area (Å²) in [5.41, 5.74) is 0. The molecule has 0 spiro atoms. The third-order valence-electron chi connectivity index (χ3n) is 1.59. The first-order chi connectivity index (χ1) is 7.69. The molecule has 0 unspecified atom stereocenters. The van der Waals surface area contributed by atoms with Gasteiger partial charge in [-0.2, -0.15) is 9.97 Å². The minimum Gasteiger partial charge on any atom is -0.481 e. The lowest BCUT2D eigenvalue weighted by Gasteiger charge is -2.07. The van der Waals surface area contributed by atoms with Gasteiger partial charge < -0.3 is 14.2 Å². The molecule has 0 aliphatic carbocycles. The highest BCUT2D eigenvalue weighted by Gasteiger charge is 2.08. The SMILES string of the molecule is CCOC(=O)Nc1nc(OC)cc(OC)n1. The third-order valence-corrected chi connectivity index (χ3v) is 1.59. The molecular formula is C9H13N3O4. The summed E-state index contributed by atoms with van der Waals surface area (Å²) in [4.78, 5) is 18.9. The van der Waals surface area contributed by atoms with E-state index < -0.39 is 6.09 Å². The Morgan fingerprint density at radius 2 is 1.88 bits per heavy atom. The largest absolute Gasteiger partial charge is 0.481 e. The van der Waals surface area contributed by atoms with Gasteiger partial charge in [0.05, 0.1) is 26.9 Å². The van der Waals surface area contributed by atoms with Gasteiger partial charge in [0.1, 0.15) is 0 Å². The van der Waals surface area contributed by atoms with Crippen LogP contribution in [0, 0.1) is 0 Å². The Labute approximate surface area is 92.7 Å². The lowest BCUT2D eigenvalue weighted by Crippen LogP contribution is -2.15. The Hall–Kier alpha value is -2.05. The van der Waals surface area contributed by atoms with Gasteiger partial charge in [0.25, 0.3) is 0 Å². The highest BCUT2D eigenvalue weighted by atomic mass is 16.5. The fraction of sp³-hybridized carbons (Fsp3) is 0.444. The van der Waals surface area contributed by atoms with E-state index >= 15 is 0 Å². The number of methoxy groups -OCH3 is 2. The third kappa shape index (κ3) is 3.26. The highest BCUT2D eigenvalue weighted by molar-refractivity contribution is 5.82. The van der Waals surface area contributed by atoms with Crippen molar-refractivity contribution >= 4 is 12.0 Å². The molecule has 1 aromatic rings. The summed E-state index contributed by atoms with van der Waals surface area (Å²) in [5, 5.41) is 2.35. The fourth-order valence-electron chi connectivity index (χ4n) is 0.927. The quantitative estimate of drug-likeness (QED) is 0.828. The molecule has 1 amide bonds. The molecule has 0 bridgehead atoms. The van der Waals surface area contributed by atoms with Crippen LogP contribution >= 0.6 is 0 Å². The summed E-state index contributed by atoms with van der Waals surface area (Å²) in [6.45, 7) is 1.97. The molecule has 0 atom stereocenters. The number of hydrogen-bond acceptors (Lipinski definition) is 6. The van der Waals surface area contributed by atoms with E-state index in [2.05, 4.69) is 20.0 Å². The van der Waals surface area contributed by atoms with Gasteiger partial charge in [-0.1, -0.05) is 0 Å². The Morgan fingerprint density at radius 3 is 2.31 bits per heavy atom. The van der Waals surface area contributed by atoms with E-state index in [1.807, 2.05) is 0 Å². The van der Waals surface area contributed by atoms with Crippen molar-refractivity contribution in [3.05, 3.63) is 6.07 Å². The summed E-state index contributed by atoms with van der Waals surface area (Å²) in [7, 11) is 2.91. The summed E-state index contributed by atoms with van der Waals surface area (Å²) in [6, 6.07) is 1.50. The molecule has 16 heavy (non-hydrogen) atoms. The minimum atomic E-state index is -0.627. The highest BCUT2D eigenvalue weighted by Crippen LogP contribution is 2.17. The number of aromatic nitrogens is 2. The topological polar surface area (TPSA) is 82.6 Å². The fourth-order valence-corrected chi connectivity index (χ4v) is 0.927. The summed E-state index contributed by atoms with van der Waals surface area (Å²) in [5.74, 6) is 0.645. The molecule has 0 aliphatic rings. The number of amides is 1. The van der Waals surface area contributed by atoms with Crippen molar-refractivity contribution in [3.63, 3.8) is 0 Å². The predicted octanol–water partition coefficient (Wildman–Crippen LogP) is 1.06. The van der Waals surface area contributed by atoms with Crippen LogP contribution in [-0.2, 0) is 4.74 Å². The van der Waals surface area contributed by atoms with Gasteiger partial charge in [-0.3, -0.25) is 5.32 Å². The molecule has 7 heteroatoms. The predicted molar refractivity (Wildman–Crippen MR) is 55.8 cm³/mol. The maximum Gasteiger partial charge on any atom is 0.414 e. The van der Waals surface area contributed by atoms with Crippen LogP contribution in [0.3, 0.4) is 0 Å². The molecule has 0 aliphatic heterocycles. The van der Waals surface area contributed by atoms with Crippen molar-refractivity contribution < 1.29 is 19.0 Å². The zero-order valence-electron chi connectivity index (χ0n) is 9.31. The number of nitrogens with one attached hydrogen (secondary N) is 1. The Bertz CT molecular complexity index is 348. The number of anilines is 1. The van der Waals surface area contributed by atoms with Crippen LogP contribution in [0.2, 0.25) is 0 Å². The van der Waals surface area contributed by atoms with E-state index in [1.165, 1.54) is 20.3 Å². The zero-order valence-corrected chi connectivity index (χ0v) is 9.31. The van der Waals surface area contributed by atoms with Crippen LogP contribution in [0.5, 0.6) is 11.8 Å². The van der Waals surface area contributed by atoms with Gasteiger partial charge in [0, 0.05) is 0 Å². The van der Waals surface area contributed by atoms with Gasteiger partial charge >= 0.3 is 6.09 Å². The molecule has 0 saturated heterocycles. The second-order valence-electron chi connectivity index (χ2n) is 2.62. The minimum absolute atomic E-state index is 0.0645. The van der Waals surface area contributed by atoms with Crippen LogP contribution in [0.1, 0.15) is 6.92 Å². The van der Waals surface area contributed by atoms with Crippen molar-refractivity contribution in [1.82, 2.24) is 9.97 Å². The summed E-state index contributed by atoms with van der Waals surface area (Å²) in [6.07, 6.45) is -0.627. The van der Waals surface area contributed by atoms with E-state index in [4.69, 9.17) is 9.47 Å². The van der Waals surface area contributed by atoms with E-state index in [0.717, 1.165) is 0 Å². The molecule has 7 nitrogen and oxygen atoms in total. The molecule has 88 valence electrons. The zero-order chi connectivity index (χ0) is 12.0. The summed E-state index contributed by atoms with van der Waals surface area (Å²) >= 11 is 0. The second kappa shape index (κ2) is 5.74. The number of ether oxygens (including phenoxy) is 3. The van der Waals surface area contributed by atoms with E-state index in [1.54, 1.807) is 6.92 Å². The Balaban J connectivity index is 2.82. The Morgan fingerprint density at radius 1 is 1.31 bits per heavy atom. The second-order valence-corrected chi connectivity index (χ2v) is 2.62. The standard InChI is InChI=1S/C9H13N3O4/c1-4-16-9(13)12-8-10-6(14-2)5-7(11-8)15-3/h5H,4H2,1-3H3,(H,10,11,12,13). The van der Waals surface area contributed by atoms with Crippen molar-refractivity contribution in [2.45, 2.75) is 6.92 Å². The number of nitrogens with zero attached hydrogens (tertiary/aromatic N) is 2. The molecule has 1 N–H and O–H groups in total. The molecule has 0 aromatic carbocycles. The van der Waals surface area contributed by atoms with Crippen LogP contribution in [0.15, 0.2) is 6.07 Å². The van der Waals surface area contributed by atoms with Gasteiger partial charge in [-0.25, -0.2) is 4.79 Å². The molecule has 0 fully saturated rings. The van der Waals surface area contributed by atoms with Crippen LogP contribution < -0.4 is 14.8 Å². The monoisotopic (exact) mass is 227 g/mol. The average Bonchev–Trinajstić information content (AvgIpc) is 2.28. The lowest BCUT2D eigenvalue weighted by atomic mass is 10.6. The Kier molecular flexibility index (Phi) is 4.31. The smallest absolute Gasteiger partial charge is 0.414 e. The number of carbonyl (C=O) groups excluding carboxylic acids is 1. The molecule has 1 heterocycles.